The van der Waals surface area contributed by atoms with E-state index in [0.717, 1.165) is 10.2 Å². The normalized spacial score (nSPS) is 11.7. The molecule has 0 saturated carbocycles. The minimum absolute atomic E-state index is 0.0653. The average Bonchev–Trinajstić information content (AvgIpc) is 2.96. The molecular formula is C17H21Cl2N3O3S. The second-order valence-corrected chi connectivity index (χ2v) is 8.55. The molecule has 2 aromatic rings. The van der Waals surface area contributed by atoms with Crippen LogP contribution in [0.1, 0.15) is 30.5 Å². The van der Waals surface area contributed by atoms with Gasteiger partial charge in [0.1, 0.15) is 0 Å². The Bertz CT molecular complexity index is 964. The highest BCUT2D eigenvalue weighted by atomic mass is 35.5. The zero-order valence-electron chi connectivity index (χ0n) is 15.3. The van der Waals surface area contributed by atoms with Gasteiger partial charge < -0.3 is 4.90 Å². The van der Waals surface area contributed by atoms with Gasteiger partial charge in [0.05, 0.1) is 16.1 Å². The number of benzene rings is 1. The second kappa shape index (κ2) is 7.58. The molecule has 142 valence electrons. The van der Waals surface area contributed by atoms with Crippen LogP contribution in [-0.2, 0) is 9.84 Å². The Labute approximate surface area is 163 Å². The first-order valence-electron chi connectivity index (χ1n) is 8.12. The molecule has 6 nitrogen and oxygen atoms in total. The monoisotopic (exact) mass is 417 g/mol. The number of hydrogen-bond acceptors (Lipinski definition) is 4. The summed E-state index contributed by atoms with van der Waals surface area (Å²) in [6.45, 7) is 9.73. The van der Waals surface area contributed by atoms with Gasteiger partial charge in [-0.05, 0) is 51.3 Å². The molecule has 0 bridgehead atoms. The quantitative estimate of drug-likeness (QED) is 0.744. The predicted octanol–water partition coefficient (Wildman–Crippen LogP) is 4.26. The Morgan fingerprint density at radius 1 is 1.15 bits per heavy atom. The van der Waals surface area contributed by atoms with E-state index in [0.29, 0.717) is 29.2 Å². The molecule has 0 aliphatic rings. The van der Waals surface area contributed by atoms with Crippen LogP contribution in [-0.4, -0.2) is 42.2 Å². The number of carbonyl (C=O) groups is 1. The highest BCUT2D eigenvalue weighted by molar-refractivity contribution is 7.91. The predicted molar refractivity (Wildman–Crippen MR) is 102 cm³/mol. The van der Waals surface area contributed by atoms with E-state index in [1.807, 2.05) is 20.8 Å². The third-order valence-electron chi connectivity index (χ3n) is 4.20. The Morgan fingerprint density at radius 2 is 1.73 bits per heavy atom. The summed E-state index contributed by atoms with van der Waals surface area (Å²) < 4.78 is 27.3. The van der Waals surface area contributed by atoms with Crippen molar-refractivity contribution in [2.45, 2.75) is 44.5 Å². The Kier molecular flexibility index (Phi) is 6.05. The van der Waals surface area contributed by atoms with Gasteiger partial charge in [-0.2, -0.15) is 9.78 Å². The number of hydrogen-bond donors (Lipinski definition) is 0. The first-order chi connectivity index (χ1) is 12.1. The van der Waals surface area contributed by atoms with E-state index in [4.69, 9.17) is 23.2 Å². The van der Waals surface area contributed by atoms with Crippen LogP contribution in [0.3, 0.4) is 0 Å². The molecule has 26 heavy (non-hydrogen) atoms. The van der Waals surface area contributed by atoms with Gasteiger partial charge in [0.2, 0.25) is 14.9 Å². The maximum absolute atomic E-state index is 13.2. The van der Waals surface area contributed by atoms with Crippen LogP contribution in [0.4, 0.5) is 4.79 Å². The van der Waals surface area contributed by atoms with Gasteiger partial charge in [0.25, 0.3) is 0 Å². The van der Waals surface area contributed by atoms with Crippen LogP contribution < -0.4 is 0 Å². The summed E-state index contributed by atoms with van der Waals surface area (Å²) in [6.07, 6.45) is 1.22. The van der Waals surface area contributed by atoms with Gasteiger partial charge in [-0.3, -0.25) is 0 Å². The van der Waals surface area contributed by atoms with Gasteiger partial charge in [0.15, 0.2) is 0 Å². The second-order valence-electron chi connectivity index (χ2n) is 5.96. The molecule has 2 rings (SSSR count). The number of nitrogens with zero attached hydrogens (tertiary/aromatic N) is 3. The molecule has 0 saturated heterocycles. The maximum Gasteiger partial charge on any atom is 0.344 e. The van der Waals surface area contributed by atoms with Gasteiger partial charge >= 0.3 is 6.03 Å². The van der Waals surface area contributed by atoms with E-state index in [9.17, 15) is 13.2 Å². The van der Waals surface area contributed by atoms with Crippen molar-refractivity contribution in [1.82, 2.24) is 14.7 Å². The van der Waals surface area contributed by atoms with E-state index in [-0.39, 0.29) is 14.9 Å². The smallest absolute Gasteiger partial charge is 0.323 e. The summed E-state index contributed by atoms with van der Waals surface area (Å²) in [5.74, 6) is 0. The van der Waals surface area contributed by atoms with Gasteiger partial charge in [-0.25, -0.2) is 13.2 Å². The lowest BCUT2D eigenvalue weighted by atomic mass is 10.1. The molecule has 0 aliphatic carbocycles. The van der Waals surface area contributed by atoms with Crippen molar-refractivity contribution in [2.24, 2.45) is 0 Å². The number of rotatable bonds is 4. The third kappa shape index (κ3) is 3.48. The van der Waals surface area contributed by atoms with E-state index in [1.54, 1.807) is 19.9 Å². The summed E-state index contributed by atoms with van der Waals surface area (Å²) >= 11 is 12.4. The molecular weight excluding hydrogens is 397 g/mol. The summed E-state index contributed by atoms with van der Waals surface area (Å²) in [5, 5.41) is 3.88. The molecule has 0 radical (unpaired) electrons. The van der Waals surface area contributed by atoms with Crippen molar-refractivity contribution in [3.8, 4) is 0 Å². The van der Waals surface area contributed by atoms with Crippen molar-refractivity contribution >= 4 is 39.1 Å². The molecule has 1 amide bonds. The van der Waals surface area contributed by atoms with Crippen LogP contribution in [0.2, 0.25) is 10.0 Å². The van der Waals surface area contributed by atoms with E-state index >= 15 is 0 Å². The lowest BCUT2D eigenvalue weighted by Crippen LogP contribution is -2.34. The minimum Gasteiger partial charge on any atom is -0.323 e. The standard InChI is InChI=1S/C17H21Cl2N3O3S/c1-6-21(7-2)17(23)22-9-13(18)16(20-22)26(24,25)15-11(4)8-10(3)14(19)12(15)5/h8-9H,6-7H2,1-5H3. The lowest BCUT2D eigenvalue weighted by Gasteiger charge is -2.17. The number of amides is 1. The highest BCUT2D eigenvalue weighted by Crippen LogP contribution is 2.35. The molecule has 0 aliphatic heterocycles. The maximum atomic E-state index is 13.2. The topological polar surface area (TPSA) is 72.3 Å². The summed E-state index contributed by atoms with van der Waals surface area (Å²) in [4.78, 5) is 14.0. The zero-order chi connectivity index (χ0) is 19.8. The first kappa shape index (κ1) is 20.7. The van der Waals surface area contributed by atoms with E-state index in [2.05, 4.69) is 5.10 Å². The van der Waals surface area contributed by atoms with Crippen LogP contribution in [0, 0.1) is 20.8 Å². The number of aromatic nitrogens is 2. The van der Waals surface area contributed by atoms with Gasteiger partial charge in [-0.15, -0.1) is 0 Å². The van der Waals surface area contributed by atoms with E-state index < -0.39 is 15.9 Å². The van der Waals surface area contributed by atoms with Crippen molar-refractivity contribution in [3.63, 3.8) is 0 Å². The van der Waals surface area contributed by atoms with Crippen molar-refractivity contribution in [2.75, 3.05) is 13.1 Å². The fraction of sp³-hybridized carbons (Fsp3) is 0.412. The Morgan fingerprint density at radius 3 is 2.27 bits per heavy atom. The molecule has 9 heteroatoms. The molecule has 0 fully saturated rings. The largest absolute Gasteiger partial charge is 0.344 e. The number of halogens is 2. The summed E-state index contributed by atoms with van der Waals surface area (Å²) in [7, 11) is -4.04. The highest BCUT2D eigenvalue weighted by Gasteiger charge is 2.30. The molecule has 0 N–H and O–H groups in total. The Hall–Kier alpha value is -1.57. The Balaban J connectivity index is 2.63. The van der Waals surface area contributed by atoms with Crippen LogP contribution in [0.15, 0.2) is 22.2 Å². The third-order valence-corrected chi connectivity index (χ3v) is 7.15. The van der Waals surface area contributed by atoms with Crippen LogP contribution in [0.25, 0.3) is 0 Å². The van der Waals surface area contributed by atoms with Crippen LogP contribution >= 0.6 is 23.2 Å². The fourth-order valence-corrected chi connectivity index (χ4v) is 5.24. The molecule has 0 spiro atoms. The SMILES string of the molecule is CCN(CC)C(=O)n1cc(Cl)c(S(=O)(=O)c2c(C)cc(C)c(Cl)c2C)n1. The number of aryl methyl sites for hydroxylation is 2. The van der Waals surface area contributed by atoms with Gasteiger partial charge in [-0.1, -0.05) is 29.3 Å². The number of sulfone groups is 1. The molecule has 1 aromatic heterocycles. The minimum atomic E-state index is -4.04. The molecule has 1 aromatic carbocycles. The van der Waals surface area contributed by atoms with Crippen molar-refractivity contribution in [3.05, 3.63) is 39.0 Å². The molecule has 1 heterocycles. The first-order valence-corrected chi connectivity index (χ1v) is 10.4. The zero-order valence-corrected chi connectivity index (χ0v) is 17.6. The lowest BCUT2D eigenvalue weighted by molar-refractivity contribution is 0.201. The molecule has 0 atom stereocenters. The van der Waals surface area contributed by atoms with E-state index in [1.165, 1.54) is 11.1 Å². The summed E-state index contributed by atoms with van der Waals surface area (Å²) in [5.41, 5.74) is 1.77. The van der Waals surface area contributed by atoms with Gasteiger partial charge in [0, 0.05) is 18.1 Å². The summed E-state index contributed by atoms with van der Waals surface area (Å²) in [6, 6.07) is 1.27. The number of carbonyl (C=O) groups excluding carboxylic acids is 1. The van der Waals surface area contributed by atoms with Crippen LogP contribution in [0.5, 0.6) is 0 Å². The molecule has 0 unspecified atom stereocenters. The fourth-order valence-electron chi connectivity index (χ4n) is 2.91. The van der Waals surface area contributed by atoms with Crippen molar-refractivity contribution in [1.29, 1.82) is 0 Å². The van der Waals surface area contributed by atoms with Crippen molar-refractivity contribution < 1.29 is 13.2 Å². The average molecular weight is 418 g/mol.